The van der Waals surface area contributed by atoms with E-state index >= 15 is 0 Å². The molecule has 0 aromatic heterocycles. The van der Waals surface area contributed by atoms with Crippen LogP contribution in [0.15, 0.2) is 12.1 Å². The van der Waals surface area contributed by atoms with E-state index < -0.39 is 0 Å². The minimum absolute atomic E-state index is 0.486. The molecule has 1 fully saturated rings. The van der Waals surface area contributed by atoms with E-state index in [-0.39, 0.29) is 0 Å². The molecule has 0 aliphatic heterocycles. The van der Waals surface area contributed by atoms with Gasteiger partial charge in [0, 0.05) is 6.07 Å². The summed E-state index contributed by atoms with van der Waals surface area (Å²) in [6.45, 7) is 0.716. The Balaban J connectivity index is 2.34. The molecule has 1 saturated carbocycles. The molecule has 82 valence electrons. The van der Waals surface area contributed by atoms with Crippen LogP contribution in [0.4, 0.5) is 0 Å². The molecule has 2 atom stereocenters. The first-order valence-electron chi connectivity index (χ1n) is 4.90. The van der Waals surface area contributed by atoms with Crippen molar-refractivity contribution in [2.45, 2.75) is 12.3 Å². The number of methoxy groups -OCH3 is 1. The first-order valence-corrected chi connectivity index (χ1v) is 5.66. The molecule has 2 rings (SSSR count). The van der Waals surface area contributed by atoms with Gasteiger partial charge in [0.25, 0.3) is 0 Å². The number of rotatable bonds is 3. The van der Waals surface area contributed by atoms with Crippen LogP contribution in [0.25, 0.3) is 0 Å². The zero-order chi connectivity index (χ0) is 11.0. The van der Waals surface area contributed by atoms with Crippen LogP contribution in [0.3, 0.4) is 0 Å². The number of hydrogen-bond donors (Lipinski definition) is 1. The Morgan fingerprint density at radius 3 is 2.60 bits per heavy atom. The zero-order valence-electron chi connectivity index (χ0n) is 8.47. The van der Waals surface area contributed by atoms with Crippen LogP contribution in [0.1, 0.15) is 17.9 Å². The second-order valence-electron chi connectivity index (χ2n) is 3.85. The smallest absolute Gasteiger partial charge is 0.123 e. The minimum atomic E-state index is 0.486. The maximum Gasteiger partial charge on any atom is 0.123 e. The first kappa shape index (κ1) is 11.1. The highest BCUT2D eigenvalue weighted by atomic mass is 35.5. The topological polar surface area (TPSA) is 35.2 Å². The molecule has 0 saturated heterocycles. The molecule has 4 heteroatoms. The van der Waals surface area contributed by atoms with Gasteiger partial charge < -0.3 is 10.5 Å². The fraction of sp³-hybridized carbons (Fsp3) is 0.455. The van der Waals surface area contributed by atoms with E-state index in [1.165, 1.54) is 0 Å². The maximum atomic E-state index is 5.99. The predicted octanol–water partition coefficient (Wildman–Crippen LogP) is 3.06. The standard InChI is InChI=1S/C11H13Cl2NO/c1-15-11-4-10(13)9(12)3-8(11)7-2-6(7)5-14/h3-4,6-7H,2,5,14H2,1H3. The highest BCUT2D eigenvalue weighted by Crippen LogP contribution is 2.51. The van der Waals surface area contributed by atoms with Gasteiger partial charge in [0.2, 0.25) is 0 Å². The summed E-state index contributed by atoms with van der Waals surface area (Å²) >= 11 is 11.9. The quantitative estimate of drug-likeness (QED) is 0.889. The van der Waals surface area contributed by atoms with Crippen molar-refractivity contribution in [3.05, 3.63) is 27.7 Å². The van der Waals surface area contributed by atoms with Gasteiger partial charge >= 0.3 is 0 Å². The average molecular weight is 246 g/mol. The van der Waals surface area contributed by atoms with Gasteiger partial charge in [-0.3, -0.25) is 0 Å². The second-order valence-corrected chi connectivity index (χ2v) is 4.66. The third-order valence-electron chi connectivity index (χ3n) is 2.90. The van der Waals surface area contributed by atoms with E-state index in [4.69, 9.17) is 33.7 Å². The van der Waals surface area contributed by atoms with Crippen molar-refractivity contribution in [2.75, 3.05) is 13.7 Å². The number of ether oxygens (including phenoxy) is 1. The molecule has 1 aromatic rings. The molecule has 0 radical (unpaired) electrons. The lowest BCUT2D eigenvalue weighted by atomic mass is 10.1. The molecular formula is C11H13Cl2NO. The van der Waals surface area contributed by atoms with E-state index in [0.29, 0.717) is 28.4 Å². The molecule has 1 aliphatic rings. The van der Waals surface area contributed by atoms with Crippen LogP contribution in [0.2, 0.25) is 10.0 Å². The number of benzene rings is 1. The molecule has 2 nitrogen and oxygen atoms in total. The fourth-order valence-electron chi connectivity index (χ4n) is 1.90. The van der Waals surface area contributed by atoms with E-state index in [1.54, 1.807) is 13.2 Å². The van der Waals surface area contributed by atoms with E-state index in [1.807, 2.05) is 6.07 Å². The molecule has 0 bridgehead atoms. The monoisotopic (exact) mass is 245 g/mol. The van der Waals surface area contributed by atoms with Gasteiger partial charge in [-0.05, 0) is 36.4 Å². The lowest BCUT2D eigenvalue weighted by Gasteiger charge is -2.09. The lowest BCUT2D eigenvalue weighted by Crippen LogP contribution is -2.02. The number of halogens is 2. The molecule has 0 amide bonds. The molecule has 15 heavy (non-hydrogen) atoms. The van der Waals surface area contributed by atoms with Gasteiger partial charge in [-0.2, -0.15) is 0 Å². The van der Waals surface area contributed by atoms with Gasteiger partial charge in [-0.1, -0.05) is 23.2 Å². The zero-order valence-corrected chi connectivity index (χ0v) is 9.98. The maximum absolute atomic E-state index is 5.99. The third-order valence-corrected chi connectivity index (χ3v) is 3.62. The third kappa shape index (κ3) is 2.07. The SMILES string of the molecule is COc1cc(Cl)c(Cl)cc1C1CC1CN. The van der Waals surface area contributed by atoms with Crippen molar-refractivity contribution in [3.63, 3.8) is 0 Å². The Hall–Kier alpha value is -0.440. The van der Waals surface area contributed by atoms with Crippen LogP contribution in [-0.2, 0) is 0 Å². The largest absolute Gasteiger partial charge is 0.496 e. The normalized spacial score (nSPS) is 24.0. The van der Waals surface area contributed by atoms with Crippen molar-refractivity contribution in [1.82, 2.24) is 0 Å². The molecule has 2 N–H and O–H groups in total. The lowest BCUT2D eigenvalue weighted by molar-refractivity contribution is 0.409. The summed E-state index contributed by atoms with van der Waals surface area (Å²) < 4.78 is 5.29. The van der Waals surface area contributed by atoms with Gasteiger partial charge in [0.1, 0.15) is 5.75 Å². The Kier molecular flexibility index (Phi) is 3.10. The predicted molar refractivity (Wildman–Crippen MR) is 62.9 cm³/mol. The second kappa shape index (κ2) is 4.20. The van der Waals surface area contributed by atoms with Crippen LogP contribution in [-0.4, -0.2) is 13.7 Å². The van der Waals surface area contributed by atoms with Gasteiger partial charge in [0.15, 0.2) is 0 Å². The average Bonchev–Trinajstić information content (AvgIpc) is 3.00. The van der Waals surface area contributed by atoms with Crippen molar-refractivity contribution >= 4 is 23.2 Å². The molecule has 0 heterocycles. The summed E-state index contributed by atoms with van der Waals surface area (Å²) in [4.78, 5) is 0. The number of hydrogen-bond acceptors (Lipinski definition) is 2. The molecular weight excluding hydrogens is 233 g/mol. The minimum Gasteiger partial charge on any atom is -0.496 e. The Morgan fingerprint density at radius 1 is 1.40 bits per heavy atom. The molecule has 2 unspecified atom stereocenters. The van der Waals surface area contributed by atoms with Crippen molar-refractivity contribution in [2.24, 2.45) is 11.7 Å². The van der Waals surface area contributed by atoms with Crippen molar-refractivity contribution in [3.8, 4) is 5.75 Å². The van der Waals surface area contributed by atoms with Crippen LogP contribution in [0, 0.1) is 5.92 Å². The Labute approximate surface area is 99.3 Å². The van der Waals surface area contributed by atoms with E-state index in [0.717, 1.165) is 17.7 Å². The van der Waals surface area contributed by atoms with E-state index in [2.05, 4.69) is 0 Å². The van der Waals surface area contributed by atoms with E-state index in [9.17, 15) is 0 Å². The summed E-state index contributed by atoms with van der Waals surface area (Å²) in [5.41, 5.74) is 6.75. The van der Waals surface area contributed by atoms with Crippen molar-refractivity contribution in [1.29, 1.82) is 0 Å². The van der Waals surface area contributed by atoms with Crippen molar-refractivity contribution < 1.29 is 4.74 Å². The molecule has 1 aromatic carbocycles. The molecule has 1 aliphatic carbocycles. The Bertz CT molecular complexity index is 381. The molecule has 0 spiro atoms. The highest BCUT2D eigenvalue weighted by molar-refractivity contribution is 6.42. The fourth-order valence-corrected chi connectivity index (χ4v) is 2.23. The Morgan fingerprint density at radius 2 is 2.07 bits per heavy atom. The summed E-state index contributed by atoms with van der Waals surface area (Å²) in [7, 11) is 1.64. The summed E-state index contributed by atoms with van der Waals surface area (Å²) in [5, 5.41) is 1.11. The summed E-state index contributed by atoms with van der Waals surface area (Å²) in [6.07, 6.45) is 1.12. The van der Waals surface area contributed by atoms with Crippen LogP contribution in [0.5, 0.6) is 5.75 Å². The van der Waals surface area contributed by atoms with Crippen LogP contribution >= 0.6 is 23.2 Å². The van der Waals surface area contributed by atoms with Gasteiger partial charge in [-0.25, -0.2) is 0 Å². The summed E-state index contributed by atoms with van der Waals surface area (Å²) in [5.74, 6) is 1.86. The van der Waals surface area contributed by atoms with Gasteiger partial charge in [-0.15, -0.1) is 0 Å². The van der Waals surface area contributed by atoms with Crippen LogP contribution < -0.4 is 10.5 Å². The highest BCUT2D eigenvalue weighted by Gasteiger charge is 2.39. The first-order chi connectivity index (χ1) is 7.17. The van der Waals surface area contributed by atoms with Gasteiger partial charge in [0.05, 0.1) is 17.2 Å². The number of nitrogens with two attached hydrogens (primary N) is 1. The summed E-state index contributed by atoms with van der Waals surface area (Å²) in [6, 6.07) is 3.66.